The zero-order chi connectivity index (χ0) is 26.8. The van der Waals surface area contributed by atoms with Gasteiger partial charge in [-0.2, -0.15) is 9.47 Å². The van der Waals surface area contributed by atoms with Crippen LogP contribution in [0.4, 0.5) is 16.5 Å². The van der Waals surface area contributed by atoms with E-state index in [1.54, 1.807) is 41.6 Å². The molecule has 1 aliphatic heterocycles. The molecule has 0 bridgehead atoms. The highest BCUT2D eigenvalue weighted by molar-refractivity contribution is 7.10. The predicted octanol–water partition coefficient (Wildman–Crippen LogP) is 4.37. The van der Waals surface area contributed by atoms with Crippen LogP contribution in [0.3, 0.4) is 0 Å². The molecule has 5 aromatic rings. The summed E-state index contributed by atoms with van der Waals surface area (Å²) in [4.78, 5) is 28.3. The molecule has 0 radical (unpaired) electrons. The minimum Gasteiger partial charge on any atom is -0.328 e. The highest BCUT2D eigenvalue weighted by atomic mass is 32.1. The topological polar surface area (TPSA) is 118 Å². The van der Waals surface area contributed by atoms with E-state index in [4.69, 9.17) is 4.98 Å². The van der Waals surface area contributed by atoms with Crippen molar-refractivity contribution in [3.8, 4) is 11.3 Å². The molecule has 1 amide bonds. The number of rotatable bonds is 8. The summed E-state index contributed by atoms with van der Waals surface area (Å²) in [5.41, 5.74) is 4.99. The van der Waals surface area contributed by atoms with Crippen LogP contribution in [0.25, 0.3) is 16.9 Å². The van der Waals surface area contributed by atoms with Gasteiger partial charge in [-0.15, -0.1) is 0 Å². The first-order chi connectivity index (χ1) is 19.0. The lowest BCUT2D eigenvalue weighted by molar-refractivity contribution is -0.116. The van der Waals surface area contributed by atoms with Crippen molar-refractivity contribution >= 4 is 39.6 Å². The van der Waals surface area contributed by atoms with Gasteiger partial charge < -0.3 is 10.6 Å². The fourth-order valence-corrected chi connectivity index (χ4v) is 5.65. The normalized spacial score (nSPS) is 16.0. The number of piperidine rings is 1. The molecule has 12 heteroatoms. The minimum atomic E-state index is -0.180. The first-order valence-corrected chi connectivity index (χ1v) is 13.8. The largest absolute Gasteiger partial charge is 0.328 e. The number of fused-ring (bicyclic) bond motifs is 1. The van der Waals surface area contributed by atoms with Crippen LogP contribution in [-0.4, -0.2) is 57.4 Å². The lowest BCUT2D eigenvalue weighted by atomic mass is 10.0. The lowest BCUT2D eigenvalue weighted by Crippen LogP contribution is -2.33. The zero-order valence-electron chi connectivity index (χ0n) is 21.9. The van der Waals surface area contributed by atoms with Crippen LogP contribution >= 0.6 is 11.5 Å². The molecular weight excluding hydrogens is 512 g/mol. The molecule has 6 heterocycles. The molecular formula is C27H30N10OS. The standard InChI is InChI=1S/C27H30N10OS/c1-18-5-4-8-35(13-18)16-22-9-25(39-34-22)33-26-27-29-12-23(37(27)14-19(2)31-26)20-10-30-36(15-20)17-24(38)32-21-6-3-7-28-11-21/h3,6-7,9-12,14-15,18H,4-5,8,13,16-17H2,1-2H3,(H,31,33)(H,32,38). The Morgan fingerprint density at radius 2 is 2.15 bits per heavy atom. The van der Waals surface area contributed by atoms with Crippen LogP contribution in [-0.2, 0) is 17.9 Å². The first kappa shape index (κ1) is 25.1. The van der Waals surface area contributed by atoms with E-state index < -0.39 is 0 Å². The number of carbonyl (C=O) groups excluding carboxylic acids is 1. The first-order valence-electron chi connectivity index (χ1n) is 13.0. The Bertz CT molecular complexity index is 1590. The van der Waals surface area contributed by atoms with Crippen LogP contribution in [0, 0.1) is 12.8 Å². The molecule has 0 aromatic carbocycles. The summed E-state index contributed by atoms with van der Waals surface area (Å²) in [7, 11) is 0. The molecule has 6 rings (SSSR count). The molecule has 1 unspecified atom stereocenters. The van der Waals surface area contributed by atoms with Crippen molar-refractivity contribution < 1.29 is 4.79 Å². The average Bonchev–Trinajstić information content (AvgIpc) is 3.65. The number of amides is 1. The number of hydrogen-bond donors (Lipinski definition) is 2. The number of imidazole rings is 1. The van der Waals surface area contributed by atoms with Crippen LogP contribution < -0.4 is 10.6 Å². The highest BCUT2D eigenvalue weighted by Crippen LogP contribution is 2.28. The van der Waals surface area contributed by atoms with E-state index in [1.165, 1.54) is 24.4 Å². The summed E-state index contributed by atoms with van der Waals surface area (Å²) in [6.45, 7) is 7.49. The van der Waals surface area contributed by atoms with E-state index in [1.807, 2.05) is 23.7 Å². The number of aryl methyl sites for hydroxylation is 1. The minimum absolute atomic E-state index is 0.0864. The van der Waals surface area contributed by atoms with Crippen LogP contribution in [0.5, 0.6) is 0 Å². The van der Waals surface area contributed by atoms with Gasteiger partial charge in [-0.3, -0.25) is 23.8 Å². The Kier molecular flexibility index (Phi) is 7.03. The summed E-state index contributed by atoms with van der Waals surface area (Å²) < 4.78 is 8.28. The number of aromatic nitrogens is 7. The molecule has 11 nitrogen and oxygen atoms in total. The summed E-state index contributed by atoms with van der Waals surface area (Å²) in [6, 6.07) is 5.67. The molecule has 0 aliphatic carbocycles. The van der Waals surface area contributed by atoms with Crippen molar-refractivity contribution in [2.24, 2.45) is 5.92 Å². The van der Waals surface area contributed by atoms with Gasteiger partial charge in [0.25, 0.3) is 0 Å². The number of likely N-dealkylation sites (tertiary alicyclic amines) is 1. The number of nitrogens with one attached hydrogen (secondary N) is 2. The molecule has 0 saturated carbocycles. The van der Waals surface area contributed by atoms with Crippen molar-refractivity contribution in [3.63, 3.8) is 0 Å². The average molecular weight is 543 g/mol. The van der Waals surface area contributed by atoms with Gasteiger partial charge in [0, 0.05) is 37.2 Å². The summed E-state index contributed by atoms with van der Waals surface area (Å²) in [5.74, 6) is 1.23. The second-order valence-electron chi connectivity index (χ2n) is 10.1. The monoisotopic (exact) mass is 542 g/mol. The van der Waals surface area contributed by atoms with E-state index in [2.05, 4.69) is 48.0 Å². The van der Waals surface area contributed by atoms with E-state index in [-0.39, 0.29) is 12.5 Å². The lowest BCUT2D eigenvalue weighted by Gasteiger charge is -2.30. The van der Waals surface area contributed by atoms with Crippen molar-refractivity contribution in [2.45, 2.75) is 39.8 Å². The third-order valence-electron chi connectivity index (χ3n) is 6.72. The highest BCUT2D eigenvalue weighted by Gasteiger charge is 2.18. The maximum Gasteiger partial charge on any atom is 0.246 e. The fourth-order valence-electron chi connectivity index (χ4n) is 4.99. The Labute approximate surface area is 230 Å². The molecule has 39 heavy (non-hydrogen) atoms. The Morgan fingerprint density at radius 3 is 3.00 bits per heavy atom. The van der Waals surface area contributed by atoms with Crippen molar-refractivity contribution in [1.82, 2.24) is 38.4 Å². The molecule has 1 aliphatic rings. The van der Waals surface area contributed by atoms with Gasteiger partial charge in [0.2, 0.25) is 5.91 Å². The fraction of sp³-hybridized carbons (Fsp3) is 0.333. The van der Waals surface area contributed by atoms with Gasteiger partial charge in [0.15, 0.2) is 11.5 Å². The van der Waals surface area contributed by atoms with Gasteiger partial charge in [-0.1, -0.05) is 6.92 Å². The van der Waals surface area contributed by atoms with Crippen molar-refractivity contribution in [1.29, 1.82) is 0 Å². The Hall–Kier alpha value is -4.16. The maximum absolute atomic E-state index is 12.4. The molecule has 200 valence electrons. The molecule has 0 spiro atoms. The van der Waals surface area contributed by atoms with E-state index in [0.717, 1.165) is 53.2 Å². The quantitative estimate of drug-likeness (QED) is 0.297. The molecule has 1 saturated heterocycles. The van der Waals surface area contributed by atoms with Crippen molar-refractivity contribution in [2.75, 3.05) is 23.7 Å². The third kappa shape index (κ3) is 5.81. The van der Waals surface area contributed by atoms with E-state index >= 15 is 0 Å². The number of carbonyl (C=O) groups is 1. The number of pyridine rings is 1. The molecule has 1 fully saturated rings. The smallest absolute Gasteiger partial charge is 0.246 e. The van der Waals surface area contributed by atoms with Crippen LogP contribution in [0.15, 0.2) is 55.4 Å². The summed E-state index contributed by atoms with van der Waals surface area (Å²) in [6.07, 6.45) is 13.2. The molecule has 1 atom stereocenters. The number of hydrogen-bond acceptors (Lipinski definition) is 9. The van der Waals surface area contributed by atoms with Crippen molar-refractivity contribution in [3.05, 3.63) is 66.8 Å². The Balaban J connectivity index is 1.17. The van der Waals surface area contributed by atoms with Crippen LogP contribution in [0.1, 0.15) is 31.2 Å². The second kappa shape index (κ2) is 10.9. The van der Waals surface area contributed by atoms with Gasteiger partial charge >= 0.3 is 0 Å². The van der Waals surface area contributed by atoms with Gasteiger partial charge in [-0.05, 0) is 62.0 Å². The summed E-state index contributed by atoms with van der Waals surface area (Å²) in [5, 5.41) is 11.6. The van der Waals surface area contributed by atoms with Gasteiger partial charge in [-0.25, -0.2) is 9.97 Å². The van der Waals surface area contributed by atoms with E-state index in [0.29, 0.717) is 17.2 Å². The summed E-state index contributed by atoms with van der Waals surface area (Å²) >= 11 is 1.44. The number of nitrogens with zero attached hydrogens (tertiary/aromatic N) is 8. The van der Waals surface area contributed by atoms with Gasteiger partial charge in [0.1, 0.15) is 11.5 Å². The molecule has 5 aromatic heterocycles. The Morgan fingerprint density at radius 1 is 1.23 bits per heavy atom. The predicted molar refractivity (Wildman–Crippen MR) is 151 cm³/mol. The number of anilines is 3. The second-order valence-corrected chi connectivity index (χ2v) is 10.9. The molecule has 2 N–H and O–H groups in total. The zero-order valence-corrected chi connectivity index (χ0v) is 22.7. The van der Waals surface area contributed by atoms with Gasteiger partial charge in [0.05, 0.1) is 41.4 Å². The van der Waals surface area contributed by atoms with Crippen LogP contribution in [0.2, 0.25) is 0 Å². The third-order valence-corrected chi connectivity index (χ3v) is 7.46. The van der Waals surface area contributed by atoms with E-state index in [9.17, 15) is 4.79 Å². The maximum atomic E-state index is 12.4. The SMILES string of the molecule is Cc1cn2c(-c3cnn(CC(=O)Nc4cccnc4)c3)cnc2c(Nc2cc(CN3CCCC(C)C3)ns2)n1.